The topological polar surface area (TPSA) is 76.0 Å². The third kappa shape index (κ3) is 4.75. The van der Waals surface area contributed by atoms with Gasteiger partial charge < -0.3 is 24.7 Å². The number of anilines is 1. The number of aliphatic hydroxyl groups is 1. The Labute approximate surface area is 161 Å². The molecule has 2 aliphatic heterocycles. The van der Waals surface area contributed by atoms with Gasteiger partial charge in [0.1, 0.15) is 11.5 Å². The molecular formula is C19H32N6O2. The monoisotopic (exact) mass is 376 g/mol. The van der Waals surface area contributed by atoms with E-state index in [9.17, 15) is 9.90 Å². The number of hydrogen-bond acceptors (Lipinski definition) is 7. The van der Waals surface area contributed by atoms with E-state index in [1.165, 1.54) is 0 Å². The number of likely N-dealkylation sites (N-methyl/N-ethyl adjacent to an activating group) is 1. The number of aromatic nitrogens is 2. The maximum absolute atomic E-state index is 12.8. The standard InChI is InChI=1S/C19H32N6O2/c1-4-22(2)11-15-12-25(13-16(15)14-26)18-10-20-9-17(21-18)19(27)24-7-5-23(3)6-8-24/h9-10,15-16,26H,4-8,11-14H2,1-3H3/t15-,16-/m1/s1. The van der Waals surface area contributed by atoms with Gasteiger partial charge in [0.2, 0.25) is 0 Å². The third-order valence-electron chi connectivity index (χ3n) is 5.85. The lowest BCUT2D eigenvalue weighted by molar-refractivity contribution is 0.0658. The summed E-state index contributed by atoms with van der Waals surface area (Å²) in [4.78, 5) is 30.2. The molecule has 0 spiro atoms. The number of piperazine rings is 1. The summed E-state index contributed by atoms with van der Waals surface area (Å²) in [5.41, 5.74) is 0.409. The minimum absolute atomic E-state index is 0.0439. The molecule has 1 N–H and O–H groups in total. The molecule has 27 heavy (non-hydrogen) atoms. The lowest BCUT2D eigenvalue weighted by Gasteiger charge is -2.32. The van der Waals surface area contributed by atoms with E-state index in [-0.39, 0.29) is 18.4 Å². The molecule has 0 bridgehead atoms. The van der Waals surface area contributed by atoms with E-state index in [4.69, 9.17) is 0 Å². The average Bonchev–Trinajstić information content (AvgIpc) is 3.11. The fraction of sp³-hybridized carbons (Fsp3) is 0.737. The first-order chi connectivity index (χ1) is 13.0. The van der Waals surface area contributed by atoms with Crippen LogP contribution in [0.2, 0.25) is 0 Å². The van der Waals surface area contributed by atoms with Gasteiger partial charge in [0.25, 0.3) is 5.91 Å². The third-order valence-corrected chi connectivity index (χ3v) is 5.85. The van der Waals surface area contributed by atoms with Crippen LogP contribution in [0.25, 0.3) is 0 Å². The van der Waals surface area contributed by atoms with Gasteiger partial charge in [-0.1, -0.05) is 6.92 Å². The van der Waals surface area contributed by atoms with Crippen molar-refractivity contribution in [3.8, 4) is 0 Å². The van der Waals surface area contributed by atoms with Gasteiger partial charge in [-0.3, -0.25) is 9.78 Å². The fourth-order valence-electron chi connectivity index (χ4n) is 3.85. The molecule has 1 aromatic heterocycles. The van der Waals surface area contributed by atoms with Crippen LogP contribution in [-0.4, -0.2) is 109 Å². The smallest absolute Gasteiger partial charge is 0.274 e. The van der Waals surface area contributed by atoms with Gasteiger partial charge in [-0.2, -0.15) is 0 Å². The van der Waals surface area contributed by atoms with Gasteiger partial charge in [0.05, 0.1) is 12.4 Å². The van der Waals surface area contributed by atoms with Crippen LogP contribution in [0.1, 0.15) is 17.4 Å². The van der Waals surface area contributed by atoms with Crippen LogP contribution in [0, 0.1) is 11.8 Å². The molecule has 0 unspecified atom stereocenters. The van der Waals surface area contributed by atoms with Crippen molar-refractivity contribution in [2.45, 2.75) is 6.92 Å². The summed E-state index contributed by atoms with van der Waals surface area (Å²) in [7, 11) is 4.17. The molecule has 2 aliphatic rings. The van der Waals surface area contributed by atoms with Gasteiger partial charge in [0.15, 0.2) is 0 Å². The predicted octanol–water partition coefficient (Wildman–Crippen LogP) is -0.139. The van der Waals surface area contributed by atoms with Crippen LogP contribution >= 0.6 is 0 Å². The number of amides is 1. The number of hydrogen-bond donors (Lipinski definition) is 1. The van der Waals surface area contributed by atoms with E-state index in [0.29, 0.717) is 11.6 Å². The Hall–Kier alpha value is -1.77. The van der Waals surface area contributed by atoms with Crippen LogP contribution < -0.4 is 4.90 Å². The normalized spacial score (nSPS) is 24.0. The quantitative estimate of drug-likeness (QED) is 0.741. The van der Waals surface area contributed by atoms with Crippen molar-refractivity contribution < 1.29 is 9.90 Å². The van der Waals surface area contributed by atoms with Crippen molar-refractivity contribution in [3.05, 3.63) is 18.1 Å². The molecule has 0 radical (unpaired) electrons. The van der Waals surface area contributed by atoms with Crippen molar-refractivity contribution in [1.29, 1.82) is 0 Å². The molecule has 1 amide bonds. The molecule has 0 aromatic carbocycles. The van der Waals surface area contributed by atoms with Crippen LogP contribution in [0.4, 0.5) is 5.82 Å². The van der Waals surface area contributed by atoms with Crippen molar-refractivity contribution in [2.24, 2.45) is 11.8 Å². The summed E-state index contributed by atoms with van der Waals surface area (Å²) in [5.74, 6) is 1.30. The highest BCUT2D eigenvalue weighted by molar-refractivity contribution is 5.92. The van der Waals surface area contributed by atoms with Gasteiger partial charge >= 0.3 is 0 Å². The minimum Gasteiger partial charge on any atom is -0.396 e. The molecule has 8 heteroatoms. The summed E-state index contributed by atoms with van der Waals surface area (Å²) in [6.07, 6.45) is 3.28. The van der Waals surface area contributed by atoms with Crippen LogP contribution in [0.15, 0.2) is 12.4 Å². The van der Waals surface area contributed by atoms with Gasteiger partial charge in [-0.25, -0.2) is 4.98 Å². The molecule has 3 rings (SSSR count). The average molecular weight is 377 g/mol. The second-order valence-corrected chi connectivity index (χ2v) is 7.82. The maximum atomic E-state index is 12.8. The van der Waals surface area contributed by atoms with E-state index in [1.807, 2.05) is 4.90 Å². The zero-order valence-corrected chi connectivity index (χ0v) is 16.7. The summed E-state index contributed by atoms with van der Waals surface area (Å²) >= 11 is 0. The predicted molar refractivity (Wildman–Crippen MR) is 105 cm³/mol. The highest BCUT2D eigenvalue weighted by Crippen LogP contribution is 2.27. The van der Waals surface area contributed by atoms with Gasteiger partial charge in [-0.05, 0) is 26.6 Å². The first kappa shape index (κ1) is 20.0. The molecule has 8 nitrogen and oxygen atoms in total. The Kier molecular flexibility index (Phi) is 6.62. The summed E-state index contributed by atoms with van der Waals surface area (Å²) in [6, 6.07) is 0. The number of carbonyl (C=O) groups excluding carboxylic acids is 1. The van der Waals surface area contributed by atoms with E-state index in [0.717, 1.165) is 58.2 Å². The Morgan fingerprint density at radius 2 is 1.93 bits per heavy atom. The van der Waals surface area contributed by atoms with Crippen molar-refractivity contribution in [2.75, 3.05) is 78.0 Å². The first-order valence-corrected chi connectivity index (χ1v) is 9.86. The maximum Gasteiger partial charge on any atom is 0.274 e. The number of aliphatic hydroxyl groups excluding tert-OH is 1. The molecule has 1 aromatic rings. The largest absolute Gasteiger partial charge is 0.396 e. The number of nitrogens with zero attached hydrogens (tertiary/aromatic N) is 6. The molecule has 2 fully saturated rings. The molecule has 2 atom stereocenters. The molecule has 2 saturated heterocycles. The van der Waals surface area contributed by atoms with Crippen molar-refractivity contribution in [3.63, 3.8) is 0 Å². The molecule has 0 saturated carbocycles. The van der Waals surface area contributed by atoms with Crippen LogP contribution in [-0.2, 0) is 0 Å². The SMILES string of the molecule is CCN(C)C[C@@H]1CN(c2cncc(C(=O)N3CCN(C)CC3)n2)C[C@@H]1CO. The Morgan fingerprint density at radius 1 is 1.22 bits per heavy atom. The zero-order chi connectivity index (χ0) is 19.4. The van der Waals surface area contributed by atoms with E-state index in [1.54, 1.807) is 12.4 Å². The van der Waals surface area contributed by atoms with E-state index >= 15 is 0 Å². The Morgan fingerprint density at radius 3 is 2.59 bits per heavy atom. The lowest BCUT2D eigenvalue weighted by atomic mass is 9.96. The van der Waals surface area contributed by atoms with Gasteiger partial charge in [-0.15, -0.1) is 0 Å². The van der Waals surface area contributed by atoms with Crippen molar-refractivity contribution in [1.82, 2.24) is 24.7 Å². The van der Waals surface area contributed by atoms with Gasteiger partial charge in [0, 0.05) is 58.3 Å². The van der Waals surface area contributed by atoms with Crippen LogP contribution in [0.5, 0.6) is 0 Å². The van der Waals surface area contributed by atoms with Crippen molar-refractivity contribution >= 4 is 11.7 Å². The summed E-state index contributed by atoms with van der Waals surface area (Å²) in [5, 5.41) is 9.78. The highest BCUT2D eigenvalue weighted by Gasteiger charge is 2.34. The number of rotatable bonds is 6. The zero-order valence-electron chi connectivity index (χ0n) is 16.7. The molecule has 150 valence electrons. The van der Waals surface area contributed by atoms with E-state index in [2.05, 4.69) is 45.7 Å². The summed E-state index contributed by atoms with van der Waals surface area (Å²) < 4.78 is 0. The van der Waals surface area contributed by atoms with Crippen LogP contribution in [0.3, 0.4) is 0 Å². The number of carbonyl (C=O) groups is 1. The second-order valence-electron chi connectivity index (χ2n) is 7.82. The minimum atomic E-state index is -0.0439. The molecule has 3 heterocycles. The summed E-state index contributed by atoms with van der Waals surface area (Å²) in [6.45, 7) is 9.05. The fourth-order valence-corrected chi connectivity index (χ4v) is 3.85. The lowest BCUT2D eigenvalue weighted by Crippen LogP contribution is -2.47. The highest BCUT2D eigenvalue weighted by atomic mass is 16.3. The Balaban J connectivity index is 1.69. The molecular weight excluding hydrogens is 344 g/mol. The van der Waals surface area contributed by atoms with E-state index < -0.39 is 0 Å². The first-order valence-electron chi connectivity index (χ1n) is 9.86. The Bertz CT molecular complexity index is 634. The second kappa shape index (κ2) is 8.95. The molecule has 0 aliphatic carbocycles.